The molecule has 39 heavy (non-hydrogen) atoms. The molecule has 5 heteroatoms. The molecule has 0 radical (unpaired) electrons. The summed E-state index contributed by atoms with van der Waals surface area (Å²) in [5.41, 5.74) is 4.58. The zero-order chi connectivity index (χ0) is 26.5. The third kappa shape index (κ3) is 8.59. The standard InChI is InChI=1S/C34H37NO4/c1-5-13-28(14-6-1)23-36-27-32-21-35(39-26-31-19-11-4-12-20-31)22-33(37-24-29-15-7-2-8-16-29)34(32)38-25-30-17-9-3-10-18-30/h1-20,32-34H,21-27H2/t32-,33-,34-/m1/s1. The number of piperidine rings is 1. The largest absolute Gasteiger partial charge is 0.376 e. The predicted octanol–water partition coefficient (Wildman–Crippen LogP) is 6.44. The lowest BCUT2D eigenvalue weighted by molar-refractivity contribution is -0.250. The van der Waals surface area contributed by atoms with Crippen LogP contribution in [0, 0.1) is 5.92 Å². The van der Waals surface area contributed by atoms with Crippen molar-refractivity contribution in [3.8, 4) is 0 Å². The molecule has 0 unspecified atom stereocenters. The predicted molar refractivity (Wildman–Crippen MR) is 152 cm³/mol. The summed E-state index contributed by atoms with van der Waals surface area (Å²) in [7, 11) is 0. The van der Waals surface area contributed by atoms with Gasteiger partial charge in [-0.15, -0.1) is 0 Å². The Kier molecular flexibility index (Phi) is 10.3. The molecule has 3 atom stereocenters. The van der Waals surface area contributed by atoms with E-state index in [9.17, 15) is 0 Å². The second-order valence-electron chi connectivity index (χ2n) is 9.96. The van der Waals surface area contributed by atoms with Crippen molar-refractivity contribution in [2.45, 2.75) is 38.6 Å². The summed E-state index contributed by atoms with van der Waals surface area (Å²) in [6, 6.07) is 41.1. The Morgan fingerprint density at radius 2 is 0.974 bits per heavy atom. The van der Waals surface area contributed by atoms with E-state index in [1.54, 1.807) is 0 Å². The summed E-state index contributed by atoms with van der Waals surface area (Å²) in [4.78, 5) is 6.30. The van der Waals surface area contributed by atoms with E-state index in [2.05, 4.69) is 48.5 Å². The lowest BCUT2D eigenvalue weighted by Crippen LogP contribution is -2.55. The number of hydrogen-bond acceptors (Lipinski definition) is 5. The Morgan fingerprint density at radius 3 is 1.51 bits per heavy atom. The SMILES string of the molecule is c1ccc(COC[C@H]2CN(OCc3ccccc3)C[C@@H](OCc3ccccc3)[C@@H]2OCc2ccccc2)cc1. The molecule has 0 N–H and O–H groups in total. The molecule has 4 aromatic rings. The molecule has 0 bridgehead atoms. The third-order valence-electron chi connectivity index (χ3n) is 6.95. The van der Waals surface area contributed by atoms with Gasteiger partial charge in [-0.2, -0.15) is 5.06 Å². The molecule has 0 saturated carbocycles. The first-order valence-corrected chi connectivity index (χ1v) is 13.7. The molecule has 1 saturated heterocycles. The van der Waals surface area contributed by atoms with Crippen LogP contribution in [-0.2, 0) is 45.5 Å². The van der Waals surface area contributed by atoms with Crippen molar-refractivity contribution in [3.63, 3.8) is 0 Å². The molecule has 5 rings (SSSR count). The van der Waals surface area contributed by atoms with Gasteiger partial charge in [-0.05, 0) is 22.3 Å². The fourth-order valence-electron chi connectivity index (χ4n) is 4.88. The maximum Gasteiger partial charge on any atom is 0.0995 e. The lowest BCUT2D eigenvalue weighted by atomic mass is 9.93. The lowest BCUT2D eigenvalue weighted by Gasteiger charge is -2.42. The maximum atomic E-state index is 6.61. The highest BCUT2D eigenvalue weighted by Crippen LogP contribution is 2.27. The van der Waals surface area contributed by atoms with Crippen LogP contribution in [0.2, 0.25) is 0 Å². The van der Waals surface area contributed by atoms with Crippen LogP contribution in [0.1, 0.15) is 22.3 Å². The van der Waals surface area contributed by atoms with E-state index in [0.717, 1.165) is 22.3 Å². The zero-order valence-corrected chi connectivity index (χ0v) is 22.3. The molecule has 0 aliphatic carbocycles. The quantitative estimate of drug-likeness (QED) is 0.202. The third-order valence-corrected chi connectivity index (χ3v) is 6.95. The zero-order valence-electron chi connectivity index (χ0n) is 22.3. The summed E-state index contributed by atoms with van der Waals surface area (Å²) >= 11 is 0. The molecule has 1 aliphatic heterocycles. The average molecular weight is 524 g/mol. The molecule has 0 amide bonds. The molecule has 4 aromatic carbocycles. The second kappa shape index (κ2) is 14.7. The van der Waals surface area contributed by atoms with Gasteiger partial charge >= 0.3 is 0 Å². The van der Waals surface area contributed by atoms with Gasteiger partial charge in [0, 0.05) is 12.5 Å². The van der Waals surface area contributed by atoms with Gasteiger partial charge in [-0.1, -0.05) is 121 Å². The van der Waals surface area contributed by atoms with E-state index in [0.29, 0.717) is 46.1 Å². The van der Waals surface area contributed by atoms with Crippen LogP contribution in [0.25, 0.3) is 0 Å². The van der Waals surface area contributed by atoms with Crippen molar-refractivity contribution in [3.05, 3.63) is 144 Å². The van der Waals surface area contributed by atoms with E-state index >= 15 is 0 Å². The number of nitrogens with zero attached hydrogens (tertiary/aromatic N) is 1. The highest BCUT2D eigenvalue weighted by molar-refractivity contribution is 5.16. The molecule has 1 fully saturated rings. The topological polar surface area (TPSA) is 40.2 Å². The van der Waals surface area contributed by atoms with Gasteiger partial charge in [-0.3, -0.25) is 4.84 Å². The van der Waals surface area contributed by atoms with E-state index in [1.165, 1.54) is 0 Å². The van der Waals surface area contributed by atoms with Crippen LogP contribution in [0.15, 0.2) is 121 Å². The van der Waals surface area contributed by atoms with Crippen molar-refractivity contribution in [2.75, 3.05) is 19.7 Å². The Bertz CT molecular complexity index is 1210. The van der Waals surface area contributed by atoms with Gasteiger partial charge in [0.25, 0.3) is 0 Å². The van der Waals surface area contributed by atoms with E-state index in [-0.39, 0.29) is 18.1 Å². The first-order valence-electron chi connectivity index (χ1n) is 13.7. The minimum absolute atomic E-state index is 0.0720. The van der Waals surface area contributed by atoms with Gasteiger partial charge in [0.05, 0.1) is 51.8 Å². The maximum absolute atomic E-state index is 6.61. The molecule has 0 aromatic heterocycles. The molecule has 1 aliphatic rings. The number of rotatable bonds is 13. The van der Waals surface area contributed by atoms with Crippen molar-refractivity contribution in [2.24, 2.45) is 5.92 Å². The van der Waals surface area contributed by atoms with Gasteiger partial charge in [-0.25, -0.2) is 0 Å². The van der Waals surface area contributed by atoms with Crippen LogP contribution in [0.5, 0.6) is 0 Å². The summed E-state index contributed by atoms with van der Waals surface area (Å²) in [6.45, 7) is 3.98. The smallest absolute Gasteiger partial charge is 0.0995 e. The average Bonchev–Trinajstić information content (AvgIpc) is 3.00. The van der Waals surface area contributed by atoms with Crippen molar-refractivity contribution in [1.82, 2.24) is 5.06 Å². The van der Waals surface area contributed by atoms with Crippen LogP contribution < -0.4 is 0 Å². The molecular weight excluding hydrogens is 486 g/mol. The van der Waals surface area contributed by atoms with Gasteiger partial charge < -0.3 is 14.2 Å². The van der Waals surface area contributed by atoms with Crippen LogP contribution >= 0.6 is 0 Å². The second-order valence-corrected chi connectivity index (χ2v) is 9.96. The fraction of sp³-hybridized carbons (Fsp3) is 0.294. The Hall–Kier alpha value is -3.32. The summed E-state index contributed by atoms with van der Waals surface area (Å²) in [6.07, 6.45) is -0.315. The Morgan fingerprint density at radius 1 is 0.513 bits per heavy atom. The highest BCUT2D eigenvalue weighted by atomic mass is 16.7. The summed E-state index contributed by atoms with van der Waals surface area (Å²) < 4.78 is 19.4. The fourth-order valence-corrected chi connectivity index (χ4v) is 4.88. The summed E-state index contributed by atoms with van der Waals surface area (Å²) in [5, 5.41) is 2.03. The minimum atomic E-state index is -0.177. The van der Waals surface area contributed by atoms with E-state index < -0.39 is 0 Å². The van der Waals surface area contributed by atoms with Crippen LogP contribution in [0.3, 0.4) is 0 Å². The molecule has 0 spiro atoms. The first kappa shape index (κ1) is 27.3. The van der Waals surface area contributed by atoms with Crippen molar-refractivity contribution < 1.29 is 19.0 Å². The van der Waals surface area contributed by atoms with Gasteiger partial charge in [0.15, 0.2) is 0 Å². The van der Waals surface area contributed by atoms with Crippen LogP contribution in [-0.4, -0.2) is 37.0 Å². The molecule has 1 heterocycles. The first-order chi connectivity index (χ1) is 19.3. The van der Waals surface area contributed by atoms with E-state index in [1.807, 2.05) is 77.9 Å². The Labute approximate surface area is 231 Å². The minimum Gasteiger partial charge on any atom is -0.376 e. The van der Waals surface area contributed by atoms with Gasteiger partial charge in [0.2, 0.25) is 0 Å². The molecule has 5 nitrogen and oxygen atoms in total. The number of ether oxygens (including phenoxy) is 3. The van der Waals surface area contributed by atoms with Crippen molar-refractivity contribution in [1.29, 1.82) is 0 Å². The highest BCUT2D eigenvalue weighted by Gasteiger charge is 2.39. The van der Waals surface area contributed by atoms with Crippen LogP contribution in [0.4, 0.5) is 0 Å². The van der Waals surface area contributed by atoms with E-state index in [4.69, 9.17) is 19.0 Å². The number of hydroxylamine groups is 2. The summed E-state index contributed by atoms with van der Waals surface area (Å²) in [5.74, 6) is 0.0720. The Balaban J connectivity index is 1.30. The number of hydrogen-bond donors (Lipinski definition) is 0. The normalized spacial score (nSPS) is 19.6. The number of benzene rings is 4. The molecule has 202 valence electrons. The molecular formula is C34H37NO4. The van der Waals surface area contributed by atoms with Gasteiger partial charge in [0.1, 0.15) is 0 Å². The van der Waals surface area contributed by atoms with Crippen molar-refractivity contribution >= 4 is 0 Å². The monoisotopic (exact) mass is 523 g/mol.